The molecule has 1 unspecified atom stereocenters. The van der Waals surface area contributed by atoms with Crippen LogP contribution in [0.2, 0.25) is 0 Å². The third-order valence-electron chi connectivity index (χ3n) is 3.96. The van der Waals surface area contributed by atoms with Crippen LogP contribution in [0.3, 0.4) is 0 Å². The Morgan fingerprint density at radius 1 is 1.14 bits per heavy atom. The normalized spacial score (nSPS) is 11.9. The number of aryl methyl sites for hydroxylation is 2. The van der Waals surface area contributed by atoms with E-state index in [1.165, 1.54) is 16.7 Å². The Kier molecular flexibility index (Phi) is 5.14. The number of nitrogens with one attached hydrogen (secondary N) is 1. The maximum Gasteiger partial charge on any atom is 0.0991 e. The van der Waals surface area contributed by atoms with Crippen molar-refractivity contribution in [2.45, 2.75) is 39.8 Å². The predicted octanol–water partition coefficient (Wildman–Crippen LogP) is 4.28. The second-order valence-corrected chi connectivity index (χ2v) is 5.45. The Balaban J connectivity index is 2.00. The summed E-state index contributed by atoms with van der Waals surface area (Å²) < 4.78 is 0. The molecule has 0 saturated heterocycles. The molecule has 0 radical (unpaired) electrons. The van der Waals surface area contributed by atoms with E-state index in [0.29, 0.717) is 6.04 Å². The van der Waals surface area contributed by atoms with Gasteiger partial charge in [-0.15, -0.1) is 0 Å². The van der Waals surface area contributed by atoms with Crippen LogP contribution in [0.5, 0.6) is 0 Å². The van der Waals surface area contributed by atoms with Crippen LogP contribution in [0.25, 0.3) is 0 Å². The highest BCUT2D eigenvalue weighted by Gasteiger charge is 2.06. The van der Waals surface area contributed by atoms with E-state index in [0.717, 1.165) is 24.1 Å². The molecule has 108 valence electrons. The van der Waals surface area contributed by atoms with Crippen molar-refractivity contribution in [1.82, 2.24) is 5.32 Å². The zero-order valence-electron chi connectivity index (χ0n) is 13.0. The Morgan fingerprint density at radius 2 is 1.86 bits per heavy atom. The van der Waals surface area contributed by atoms with Crippen LogP contribution in [-0.4, -0.2) is 0 Å². The number of benzene rings is 2. The fourth-order valence-corrected chi connectivity index (χ4v) is 2.39. The minimum absolute atomic E-state index is 0.311. The van der Waals surface area contributed by atoms with Crippen LogP contribution in [-0.2, 0) is 13.0 Å². The molecule has 2 heteroatoms. The molecule has 2 nitrogen and oxygen atoms in total. The van der Waals surface area contributed by atoms with Gasteiger partial charge < -0.3 is 5.32 Å². The SMILES string of the molecule is CCc1ccc(C(C)NCc2ccc(C#N)cc2C)cc1. The van der Waals surface area contributed by atoms with Gasteiger partial charge in [0, 0.05) is 12.6 Å². The van der Waals surface area contributed by atoms with E-state index in [4.69, 9.17) is 5.26 Å². The largest absolute Gasteiger partial charge is 0.306 e. The summed E-state index contributed by atoms with van der Waals surface area (Å²) in [7, 11) is 0. The lowest BCUT2D eigenvalue weighted by molar-refractivity contribution is 0.573. The smallest absolute Gasteiger partial charge is 0.0991 e. The predicted molar refractivity (Wildman–Crippen MR) is 87.0 cm³/mol. The van der Waals surface area contributed by atoms with E-state index in [-0.39, 0.29) is 0 Å². The van der Waals surface area contributed by atoms with Gasteiger partial charge >= 0.3 is 0 Å². The van der Waals surface area contributed by atoms with Gasteiger partial charge in [-0.1, -0.05) is 37.3 Å². The summed E-state index contributed by atoms with van der Waals surface area (Å²) in [4.78, 5) is 0. The van der Waals surface area contributed by atoms with Crippen molar-refractivity contribution in [2.75, 3.05) is 0 Å². The molecule has 21 heavy (non-hydrogen) atoms. The van der Waals surface area contributed by atoms with Crippen molar-refractivity contribution in [3.63, 3.8) is 0 Å². The first-order valence-electron chi connectivity index (χ1n) is 7.46. The van der Waals surface area contributed by atoms with Gasteiger partial charge in [-0.2, -0.15) is 5.26 Å². The molecule has 0 spiro atoms. The summed E-state index contributed by atoms with van der Waals surface area (Å²) in [6, 6.07) is 17.1. The molecule has 0 saturated carbocycles. The first-order chi connectivity index (χ1) is 10.1. The summed E-state index contributed by atoms with van der Waals surface area (Å²) in [6.45, 7) is 7.22. The molecule has 0 aliphatic carbocycles. The maximum absolute atomic E-state index is 8.90. The minimum atomic E-state index is 0.311. The third-order valence-corrected chi connectivity index (χ3v) is 3.96. The lowest BCUT2D eigenvalue weighted by Gasteiger charge is -2.16. The van der Waals surface area contributed by atoms with Crippen LogP contribution in [0, 0.1) is 18.3 Å². The lowest BCUT2D eigenvalue weighted by atomic mass is 10.0. The summed E-state index contributed by atoms with van der Waals surface area (Å²) >= 11 is 0. The Hall–Kier alpha value is -2.11. The molecule has 0 fully saturated rings. The van der Waals surface area contributed by atoms with Crippen molar-refractivity contribution in [2.24, 2.45) is 0 Å². The molecular formula is C19H22N2. The van der Waals surface area contributed by atoms with Crippen LogP contribution in [0.15, 0.2) is 42.5 Å². The Bertz CT molecular complexity index is 636. The standard InChI is InChI=1S/C19H22N2/c1-4-16-5-8-18(9-6-16)15(3)21-13-19-10-7-17(12-20)11-14(19)2/h5-11,15,21H,4,13H2,1-3H3. The fraction of sp³-hybridized carbons (Fsp3) is 0.316. The number of rotatable bonds is 5. The Morgan fingerprint density at radius 3 is 2.43 bits per heavy atom. The number of hydrogen-bond donors (Lipinski definition) is 1. The van der Waals surface area contributed by atoms with Gasteiger partial charge in [-0.3, -0.25) is 0 Å². The molecule has 0 aliphatic rings. The van der Waals surface area contributed by atoms with Gasteiger partial charge in [0.25, 0.3) is 0 Å². The van der Waals surface area contributed by atoms with Gasteiger partial charge in [-0.05, 0) is 54.7 Å². The highest BCUT2D eigenvalue weighted by atomic mass is 14.9. The Labute approximate surface area is 127 Å². The van der Waals surface area contributed by atoms with Gasteiger partial charge in [0.2, 0.25) is 0 Å². The van der Waals surface area contributed by atoms with Gasteiger partial charge in [0.05, 0.1) is 11.6 Å². The minimum Gasteiger partial charge on any atom is -0.306 e. The molecule has 0 aliphatic heterocycles. The van der Waals surface area contributed by atoms with Gasteiger partial charge in [0.1, 0.15) is 0 Å². The number of nitriles is 1. The molecular weight excluding hydrogens is 256 g/mol. The van der Waals surface area contributed by atoms with E-state index in [2.05, 4.69) is 56.4 Å². The molecule has 0 aromatic heterocycles. The quantitative estimate of drug-likeness (QED) is 0.886. The van der Waals surface area contributed by atoms with Crippen molar-refractivity contribution in [3.05, 3.63) is 70.3 Å². The average molecular weight is 278 g/mol. The summed E-state index contributed by atoms with van der Waals surface area (Å²) in [6.07, 6.45) is 1.08. The second-order valence-electron chi connectivity index (χ2n) is 5.45. The molecule has 0 amide bonds. The van der Waals surface area contributed by atoms with Gasteiger partial charge in [0.15, 0.2) is 0 Å². The molecule has 0 bridgehead atoms. The molecule has 1 N–H and O–H groups in total. The van der Waals surface area contributed by atoms with Crippen LogP contribution >= 0.6 is 0 Å². The zero-order chi connectivity index (χ0) is 15.2. The van der Waals surface area contributed by atoms with E-state index >= 15 is 0 Å². The average Bonchev–Trinajstić information content (AvgIpc) is 2.53. The molecule has 2 rings (SSSR count). The van der Waals surface area contributed by atoms with E-state index in [1.807, 2.05) is 18.2 Å². The second kappa shape index (κ2) is 7.06. The van der Waals surface area contributed by atoms with Crippen molar-refractivity contribution in [1.29, 1.82) is 5.26 Å². The lowest BCUT2D eigenvalue weighted by Crippen LogP contribution is -2.18. The topological polar surface area (TPSA) is 35.8 Å². The molecule has 0 heterocycles. The monoisotopic (exact) mass is 278 g/mol. The highest BCUT2D eigenvalue weighted by Crippen LogP contribution is 2.16. The molecule has 2 aromatic rings. The number of nitrogens with zero attached hydrogens (tertiary/aromatic N) is 1. The van der Waals surface area contributed by atoms with E-state index < -0.39 is 0 Å². The zero-order valence-corrected chi connectivity index (χ0v) is 13.0. The van der Waals surface area contributed by atoms with E-state index in [1.54, 1.807) is 0 Å². The van der Waals surface area contributed by atoms with Crippen LogP contribution < -0.4 is 5.32 Å². The first kappa shape index (κ1) is 15.3. The van der Waals surface area contributed by atoms with Gasteiger partial charge in [-0.25, -0.2) is 0 Å². The summed E-state index contributed by atoms with van der Waals surface area (Å²) in [5, 5.41) is 12.4. The molecule has 1 atom stereocenters. The maximum atomic E-state index is 8.90. The summed E-state index contributed by atoms with van der Waals surface area (Å²) in [5.41, 5.74) is 5.80. The van der Waals surface area contributed by atoms with Crippen LogP contribution in [0.1, 0.15) is 47.7 Å². The van der Waals surface area contributed by atoms with Crippen molar-refractivity contribution in [3.8, 4) is 6.07 Å². The van der Waals surface area contributed by atoms with Crippen molar-refractivity contribution < 1.29 is 0 Å². The van der Waals surface area contributed by atoms with E-state index in [9.17, 15) is 0 Å². The highest BCUT2D eigenvalue weighted by molar-refractivity contribution is 5.37. The fourth-order valence-electron chi connectivity index (χ4n) is 2.39. The first-order valence-corrected chi connectivity index (χ1v) is 7.46. The van der Waals surface area contributed by atoms with Crippen LogP contribution in [0.4, 0.5) is 0 Å². The molecule has 2 aromatic carbocycles. The summed E-state index contributed by atoms with van der Waals surface area (Å²) in [5.74, 6) is 0. The third kappa shape index (κ3) is 3.93. The van der Waals surface area contributed by atoms with Crippen molar-refractivity contribution >= 4 is 0 Å². The number of hydrogen-bond acceptors (Lipinski definition) is 2.